The molecule has 0 aliphatic carbocycles. The standard InChI is InChI=1S/C6H6.C5H5B/c2*1-2-4-6-5-3-1/h1-6H;1-5H. The molecule has 0 amide bonds. The molecule has 0 nitrogen and oxygen atoms in total. The maximum absolute atomic E-state index is 2.00. The second-order valence-electron chi connectivity index (χ2n) is 2.31. The number of rotatable bonds is 0. The summed E-state index contributed by atoms with van der Waals surface area (Å²) in [6.45, 7) is 2.00. The van der Waals surface area contributed by atoms with Crippen LogP contribution in [0, 0.1) is 0 Å². The fourth-order valence-corrected chi connectivity index (χ4v) is 0.770. The van der Waals surface area contributed by atoms with Crippen LogP contribution in [0.4, 0.5) is 0 Å². The summed E-state index contributed by atoms with van der Waals surface area (Å²) in [6.07, 6.45) is 0. The van der Waals surface area contributed by atoms with E-state index in [2.05, 4.69) is 0 Å². The van der Waals surface area contributed by atoms with Crippen molar-refractivity contribution < 1.29 is 0 Å². The largest absolute Gasteiger partial charge is 0.0623 e. The van der Waals surface area contributed by atoms with Gasteiger partial charge in [0.15, 0.2) is 0 Å². The van der Waals surface area contributed by atoms with Gasteiger partial charge in [0.1, 0.15) is 0 Å². The molecule has 1 aromatic carbocycles. The van der Waals surface area contributed by atoms with Crippen molar-refractivity contribution in [3.63, 3.8) is 0 Å². The molecule has 2 rings (SSSR count). The van der Waals surface area contributed by atoms with Gasteiger partial charge in [0.2, 0.25) is 0 Å². The van der Waals surface area contributed by atoms with Crippen LogP contribution < -0.4 is 0 Å². The SMILES string of the molecule is b1ccccc1.c1ccccc1. The molecule has 0 radical (unpaired) electrons. The van der Waals surface area contributed by atoms with Crippen molar-refractivity contribution in [1.82, 2.24) is 0 Å². The fraction of sp³-hybridized carbons (Fsp3) is 0. The van der Waals surface area contributed by atoms with Crippen LogP contribution in [0.5, 0.6) is 0 Å². The van der Waals surface area contributed by atoms with Crippen molar-refractivity contribution in [2.24, 2.45) is 0 Å². The van der Waals surface area contributed by atoms with E-state index in [0.29, 0.717) is 0 Å². The predicted molar refractivity (Wildman–Crippen MR) is 54.2 cm³/mol. The van der Waals surface area contributed by atoms with Crippen LogP contribution in [0.25, 0.3) is 0 Å². The Balaban J connectivity index is 0.000000120. The van der Waals surface area contributed by atoms with Crippen molar-refractivity contribution >= 4 is 6.91 Å². The molecule has 0 atom stereocenters. The van der Waals surface area contributed by atoms with E-state index in [1.54, 1.807) is 0 Å². The Morgan fingerprint density at radius 2 is 0.750 bits per heavy atom. The summed E-state index contributed by atoms with van der Waals surface area (Å²) in [7, 11) is 0. The van der Waals surface area contributed by atoms with Gasteiger partial charge in [-0.1, -0.05) is 36.4 Å². The second kappa shape index (κ2) is 6.35. The molecule has 0 saturated heterocycles. The van der Waals surface area contributed by atoms with Crippen LogP contribution in [0.3, 0.4) is 0 Å². The Hall–Kier alpha value is -1.37. The maximum Gasteiger partial charge on any atom is -0.0623 e. The van der Waals surface area contributed by atoms with E-state index in [9.17, 15) is 0 Å². The van der Waals surface area contributed by atoms with Gasteiger partial charge >= 0.3 is 37.0 Å². The minimum atomic E-state index is 2.00. The van der Waals surface area contributed by atoms with Crippen LogP contribution in [-0.2, 0) is 0 Å². The van der Waals surface area contributed by atoms with Crippen LogP contribution in [-0.4, -0.2) is 6.91 Å². The number of hydrogen-bond acceptors (Lipinski definition) is 0. The summed E-state index contributed by atoms with van der Waals surface area (Å²) >= 11 is 0. The molecule has 1 heteroatoms. The topological polar surface area (TPSA) is 0 Å². The van der Waals surface area contributed by atoms with E-state index in [1.165, 1.54) is 0 Å². The van der Waals surface area contributed by atoms with Crippen molar-refractivity contribution in [2.45, 2.75) is 0 Å². The first-order chi connectivity index (χ1) is 6.00. The zero-order chi connectivity index (χ0) is 8.49. The van der Waals surface area contributed by atoms with E-state index in [1.807, 2.05) is 73.4 Å². The van der Waals surface area contributed by atoms with Gasteiger partial charge in [-0.2, -0.15) is 0 Å². The van der Waals surface area contributed by atoms with Gasteiger partial charge in [-0.25, -0.2) is 0 Å². The Bertz CT molecular complexity index is 180. The van der Waals surface area contributed by atoms with Gasteiger partial charge in [-0.05, 0) is 0 Å². The molecule has 0 unspecified atom stereocenters. The molecule has 1 aromatic heterocycles. The first-order valence-corrected chi connectivity index (χ1v) is 4.00. The Labute approximate surface area is 74.1 Å². The molecule has 0 aliphatic rings. The van der Waals surface area contributed by atoms with Crippen LogP contribution >= 0.6 is 0 Å². The second-order valence-corrected chi connectivity index (χ2v) is 2.31. The molecule has 0 N–H and O–H groups in total. The van der Waals surface area contributed by atoms with Crippen molar-refractivity contribution in [2.75, 3.05) is 0 Å². The molecule has 0 spiro atoms. The monoisotopic (exact) mass is 154 g/mol. The molecule has 2 aromatic rings. The number of benzene rings is 1. The van der Waals surface area contributed by atoms with E-state index < -0.39 is 0 Å². The fourth-order valence-electron chi connectivity index (χ4n) is 0.770. The molecule has 1 heterocycles. The van der Waals surface area contributed by atoms with Crippen LogP contribution in [0.2, 0.25) is 0 Å². The first-order valence-electron chi connectivity index (χ1n) is 4.00. The van der Waals surface area contributed by atoms with Crippen LogP contribution in [0.15, 0.2) is 66.5 Å². The molecule has 0 fully saturated rings. The molecule has 12 heavy (non-hydrogen) atoms. The van der Waals surface area contributed by atoms with Crippen molar-refractivity contribution in [3.05, 3.63) is 66.5 Å². The Morgan fingerprint density at radius 1 is 0.417 bits per heavy atom. The zero-order valence-corrected chi connectivity index (χ0v) is 6.93. The molecule has 0 saturated carbocycles. The third kappa shape index (κ3) is 4.45. The van der Waals surface area contributed by atoms with Crippen molar-refractivity contribution in [3.8, 4) is 0 Å². The van der Waals surface area contributed by atoms with Gasteiger partial charge < -0.3 is 0 Å². The van der Waals surface area contributed by atoms with Crippen LogP contribution in [0.1, 0.15) is 0 Å². The van der Waals surface area contributed by atoms with E-state index >= 15 is 0 Å². The van der Waals surface area contributed by atoms with Gasteiger partial charge in [0.05, 0.1) is 0 Å². The Morgan fingerprint density at radius 3 is 0.917 bits per heavy atom. The summed E-state index contributed by atoms with van der Waals surface area (Å²) in [5.41, 5.74) is 0. The van der Waals surface area contributed by atoms with E-state index in [-0.39, 0.29) is 0 Å². The van der Waals surface area contributed by atoms with Crippen molar-refractivity contribution in [1.29, 1.82) is 0 Å². The zero-order valence-electron chi connectivity index (χ0n) is 6.93. The minimum absolute atomic E-state index is 2.00. The normalized spacial score (nSPS) is 7.67. The smallest absolute Gasteiger partial charge is 0.0623 e. The molecular formula is C11H11B. The predicted octanol–water partition coefficient (Wildman–Crippen LogP) is 2.71. The number of hydrogen-bond donors (Lipinski definition) is 0. The Kier molecular flexibility index (Phi) is 4.62. The summed E-state index contributed by atoms with van der Waals surface area (Å²) in [6, 6.07) is 18.0. The average molecular weight is 154 g/mol. The third-order valence-electron chi connectivity index (χ3n) is 1.33. The third-order valence-corrected chi connectivity index (χ3v) is 1.33. The van der Waals surface area contributed by atoms with Gasteiger partial charge in [0.25, 0.3) is 0 Å². The minimum Gasteiger partial charge on any atom is -0.0623 e. The molecule has 0 aliphatic heterocycles. The van der Waals surface area contributed by atoms with Gasteiger partial charge in [0, 0.05) is 0 Å². The summed E-state index contributed by atoms with van der Waals surface area (Å²) < 4.78 is 0. The van der Waals surface area contributed by atoms with E-state index in [4.69, 9.17) is 0 Å². The molecule has 58 valence electrons. The average Bonchev–Trinajstić information content (AvgIpc) is 2.24. The first kappa shape index (κ1) is 8.73. The maximum atomic E-state index is 2.00. The summed E-state index contributed by atoms with van der Waals surface area (Å²) in [5.74, 6) is 4.00. The summed E-state index contributed by atoms with van der Waals surface area (Å²) in [5, 5.41) is 0. The quantitative estimate of drug-likeness (QED) is 0.547. The molecular weight excluding hydrogens is 143 g/mol. The molecule has 0 bridgehead atoms. The van der Waals surface area contributed by atoms with Gasteiger partial charge in [-0.3, -0.25) is 0 Å². The van der Waals surface area contributed by atoms with Gasteiger partial charge in [-0.15, -0.1) is 0 Å². The van der Waals surface area contributed by atoms with E-state index in [0.717, 1.165) is 0 Å². The summed E-state index contributed by atoms with van der Waals surface area (Å²) in [4.78, 5) is 0.